The van der Waals surface area contributed by atoms with Gasteiger partial charge in [0.2, 0.25) is 0 Å². The number of amides is 1. The molecule has 0 bridgehead atoms. The number of piperidine rings is 1. The highest BCUT2D eigenvalue weighted by atomic mass is 19.1. The van der Waals surface area contributed by atoms with Crippen molar-refractivity contribution in [2.24, 2.45) is 5.92 Å². The van der Waals surface area contributed by atoms with E-state index < -0.39 is 11.8 Å². The number of aliphatic carboxylic acids is 1. The monoisotopic (exact) mass is 345 g/mol. The van der Waals surface area contributed by atoms with Crippen molar-refractivity contribution in [2.45, 2.75) is 25.7 Å². The van der Waals surface area contributed by atoms with E-state index in [0.29, 0.717) is 25.2 Å². The fourth-order valence-electron chi connectivity index (χ4n) is 3.18. The van der Waals surface area contributed by atoms with Gasteiger partial charge in [-0.2, -0.15) is 5.10 Å². The van der Waals surface area contributed by atoms with Crippen LogP contribution in [0.3, 0.4) is 0 Å². The Balaban J connectivity index is 1.69. The molecule has 1 N–H and O–H groups in total. The van der Waals surface area contributed by atoms with Crippen LogP contribution in [-0.4, -0.2) is 44.8 Å². The minimum atomic E-state index is -0.813. The molecule has 1 aliphatic rings. The van der Waals surface area contributed by atoms with E-state index in [1.165, 1.54) is 10.7 Å². The van der Waals surface area contributed by atoms with Crippen LogP contribution in [0.15, 0.2) is 36.5 Å². The molecule has 6 nitrogen and oxygen atoms in total. The highest BCUT2D eigenvalue weighted by molar-refractivity contribution is 5.92. The van der Waals surface area contributed by atoms with Gasteiger partial charge in [-0.3, -0.25) is 9.59 Å². The third-order valence-corrected chi connectivity index (χ3v) is 4.48. The third-order valence-electron chi connectivity index (χ3n) is 4.48. The molecule has 1 aromatic carbocycles. The molecule has 25 heavy (non-hydrogen) atoms. The van der Waals surface area contributed by atoms with Gasteiger partial charge in [0.25, 0.3) is 5.91 Å². The van der Waals surface area contributed by atoms with E-state index in [1.807, 2.05) is 0 Å². The molecule has 0 spiro atoms. The first kappa shape index (κ1) is 17.1. The summed E-state index contributed by atoms with van der Waals surface area (Å²) in [5.41, 5.74) is 0.557. The molecule has 2 heterocycles. The Bertz CT molecular complexity index is 774. The van der Waals surface area contributed by atoms with Crippen LogP contribution in [0.2, 0.25) is 0 Å². The van der Waals surface area contributed by atoms with Gasteiger partial charge >= 0.3 is 5.97 Å². The van der Waals surface area contributed by atoms with Crippen molar-refractivity contribution < 1.29 is 19.1 Å². The minimum absolute atomic E-state index is 0.120. The fourth-order valence-corrected chi connectivity index (χ4v) is 3.18. The number of hydrogen-bond donors (Lipinski definition) is 1. The molecule has 0 aliphatic carbocycles. The van der Waals surface area contributed by atoms with Gasteiger partial charge in [0.15, 0.2) is 5.69 Å². The summed E-state index contributed by atoms with van der Waals surface area (Å²) in [7, 11) is 0. The highest BCUT2D eigenvalue weighted by Crippen LogP contribution is 2.22. The second-order valence-electron chi connectivity index (χ2n) is 6.29. The van der Waals surface area contributed by atoms with Gasteiger partial charge in [-0.05, 0) is 43.4 Å². The second-order valence-corrected chi connectivity index (χ2v) is 6.29. The van der Waals surface area contributed by atoms with Gasteiger partial charge in [-0.1, -0.05) is 12.1 Å². The standard InChI is InChI=1S/C18H20FN3O3/c19-14-5-1-2-6-16(14)22-11-9-15(20-22)18(25)21-10-3-4-13(12-21)7-8-17(23)24/h1-2,5-6,9,11,13H,3-4,7-8,10,12H2,(H,23,24)/t13-/m0/s1. The molecule has 2 aromatic rings. The molecule has 7 heteroatoms. The number of likely N-dealkylation sites (tertiary alicyclic amines) is 1. The van der Waals surface area contributed by atoms with Crippen LogP contribution >= 0.6 is 0 Å². The Labute approximate surface area is 144 Å². The van der Waals surface area contributed by atoms with Crippen molar-refractivity contribution >= 4 is 11.9 Å². The van der Waals surface area contributed by atoms with Crippen molar-refractivity contribution in [2.75, 3.05) is 13.1 Å². The summed E-state index contributed by atoms with van der Waals surface area (Å²) in [6.45, 7) is 1.17. The quantitative estimate of drug-likeness (QED) is 0.904. The molecule has 3 rings (SSSR count). The van der Waals surface area contributed by atoms with Gasteiger partial charge in [-0.15, -0.1) is 0 Å². The number of carboxylic acids is 1. The van der Waals surface area contributed by atoms with E-state index in [0.717, 1.165) is 12.8 Å². The summed E-state index contributed by atoms with van der Waals surface area (Å²) in [4.78, 5) is 25.1. The lowest BCUT2D eigenvalue weighted by Crippen LogP contribution is -2.40. The summed E-state index contributed by atoms with van der Waals surface area (Å²) in [5.74, 6) is -1.22. The zero-order valence-corrected chi connectivity index (χ0v) is 13.8. The Hall–Kier alpha value is -2.70. The molecular formula is C18H20FN3O3. The maximum absolute atomic E-state index is 13.8. The molecule has 1 saturated heterocycles. The molecule has 1 fully saturated rings. The summed E-state index contributed by atoms with van der Waals surface area (Å²) < 4.78 is 15.2. The molecule has 0 saturated carbocycles. The summed E-state index contributed by atoms with van der Waals surface area (Å²) in [5, 5.41) is 13.0. The van der Waals surface area contributed by atoms with E-state index in [9.17, 15) is 14.0 Å². The Morgan fingerprint density at radius 1 is 1.28 bits per heavy atom. The van der Waals surface area contributed by atoms with Crippen molar-refractivity contribution in [3.05, 3.63) is 48.0 Å². The van der Waals surface area contributed by atoms with E-state index >= 15 is 0 Å². The lowest BCUT2D eigenvalue weighted by atomic mass is 9.93. The Morgan fingerprint density at radius 3 is 2.84 bits per heavy atom. The molecule has 0 radical (unpaired) electrons. The topological polar surface area (TPSA) is 75.4 Å². The number of hydrogen-bond acceptors (Lipinski definition) is 3. The van der Waals surface area contributed by atoms with Crippen LogP contribution in [0.1, 0.15) is 36.2 Å². The summed E-state index contributed by atoms with van der Waals surface area (Å²) in [6.07, 6.45) is 4.04. The van der Waals surface area contributed by atoms with Gasteiger partial charge < -0.3 is 10.0 Å². The number of carbonyl (C=O) groups excluding carboxylic acids is 1. The number of para-hydroxylation sites is 1. The van der Waals surface area contributed by atoms with Crippen LogP contribution in [-0.2, 0) is 4.79 Å². The second kappa shape index (κ2) is 7.46. The zero-order chi connectivity index (χ0) is 17.8. The molecule has 1 atom stereocenters. The number of aromatic nitrogens is 2. The third kappa shape index (κ3) is 4.04. The molecular weight excluding hydrogens is 325 g/mol. The van der Waals surface area contributed by atoms with Gasteiger partial charge in [0.1, 0.15) is 11.5 Å². The van der Waals surface area contributed by atoms with Crippen LogP contribution in [0.5, 0.6) is 0 Å². The van der Waals surface area contributed by atoms with Crippen molar-refractivity contribution in [1.82, 2.24) is 14.7 Å². The number of benzene rings is 1. The van der Waals surface area contributed by atoms with Crippen LogP contribution in [0, 0.1) is 11.7 Å². The van der Waals surface area contributed by atoms with Crippen LogP contribution in [0.25, 0.3) is 5.69 Å². The summed E-state index contributed by atoms with van der Waals surface area (Å²) >= 11 is 0. The summed E-state index contributed by atoms with van der Waals surface area (Å²) in [6, 6.07) is 7.82. The molecule has 0 unspecified atom stereocenters. The molecule has 132 valence electrons. The molecule has 1 aliphatic heterocycles. The van der Waals surface area contributed by atoms with Crippen molar-refractivity contribution in [3.8, 4) is 5.69 Å². The number of carbonyl (C=O) groups is 2. The average molecular weight is 345 g/mol. The smallest absolute Gasteiger partial charge is 0.303 e. The Kier molecular flexibility index (Phi) is 5.11. The molecule has 1 aromatic heterocycles. The first-order valence-corrected chi connectivity index (χ1v) is 8.36. The lowest BCUT2D eigenvalue weighted by molar-refractivity contribution is -0.137. The SMILES string of the molecule is O=C(O)CC[C@@H]1CCCN(C(=O)c2ccn(-c3ccccc3F)n2)C1. The largest absolute Gasteiger partial charge is 0.481 e. The van der Waals surface area contributed by atoms with Gasteiger partial charge in [0, 0.05) is 25.7 Å². The van der Waals surface area contributed by atoms with E-state index in [2.05, 4.69) is 5.10 Å². The normalized spacial score (nSPS) is 17.5. The van der Waals surface area contributed by atoms with Crippen molar-refractivity contribution in [3.63, 3.8) is 0 Å². The van der Waals surface area contributed by atoms with Gasteiger partial charge in [0.05, 0.1) is 0 Å². The van der Waals surface area contributed by atoms with Crippen LogP contribution < -0.4 is 0 Å². The predicted octanol–water partition coefficient (Wildman–Crippen LogP) is 2.73. The fraction of sp³-hybridized carbons (Fsp3) is 0.389. The first-order valence-electron chi connectivity index (χ1n) is 8.36. The van der Waals surface area contributed by atoms with Crippen LogP contribution in [0.4, 0.5) is 4.39 Å². The maximum Gasteiger partial charge on any atom is 0.303 e. The maximum atomic E-state index is 13.8. The first-order chi connectivity index (χ1) is 12.0. The van der Waals surface area contributed by atoms with E-state index in [-0.39, 0.29) is 23.9 Å². The number of carboxylic acid groups (broad SMARTS) is 1. The predicted molar refractivity (Wildman–Crippen MR) is 89.0 cm³/mol. The van der Waals surface area contributed by atoms with Gasteiger partial charge in [-0.25, -0.2) is 9.07 Å². The highest BCUT2D eigenvalue weighted by Gasteiger charge is 2.26. The number of halogens is 1. The minimum Gasteiger partial charge on any atom is -0.481 e. The number of rotatable bonds is 5. The van der Waals surface area contributed by atoms with E-state index in [4.69, 9.17) is 5.11 Å². The van der Waals surface area contributed by atoms with E-state index in [1.54, 1.807) is 35.4 Å². The Morgan fingerprint density at radius 2 is 2.08 bits per heavy atom. The molecule has 1 amide bonds. The average Bonchev–Trinajstić information content (AvgIpc) is 3.10. The zero-order valence-electron chi connectivity index (χ0n) is 13.8. The lowest BCUT2D eigenvalue weighted by Gasteiger charge is -2.32. The van der Waals surface area contributed by atoms with Crippen molar-refractivity contribution in [1.29, 1.82) is 0 Å². The number of nitrogens with zero attached hydrogens (tertiary/aromatic N) is 3.